The molecule has 12 nitrogen and oxygen atoms in total. The van der Waals surface area contributed by atoms with Crippen molar-refractivity contribution in [2.24, 2.45) is 0 Å². The summed E-state index contributed by atoms with van der Waals surface area (Å²) in [6.45, 7) is 5.70. The number of carbonyl (C=O) groups excluding carboxylic acids is 3. The Hall–Kier alpha value is -4.36. The topological polar surface area (TPSA) is 175 Å². The van der Waals surface area contributed by atoms with Gasteiger partial charge in [0.1, 0.15) is 18.8 Å². The van der Waals surface area contributed by atoms with E-state index in [0.717, 1.165) is 89.9 Å². The van der Waals surface area contributed by atoms with E-state index in [0.29, 0.717) is 25.7 Å². The molecular weight excluding hydrogens is 949 g/mol. The average Bonchev–Trinajstić information content (AvgIpc) is 3.39. The molecule has 1 aliphatic heterocycles. The predicted octanol–water partition coefficient (Wildman–Crippen LogP) is 14.9. The first-order chi connectivity index (χ1) is 36.6. The molecule has 75 heavy (non-hydrogen) atoms. The van der Waals surface area contributed by atoms with Gasteiger partial charge >= 0.3 is 23.9 Å². The third-order valence-electron chi connectivity index (χ3n) is 12.7. The molecule has 12 heteroatoms. The fourth-order valence-corrected chi connectivity index (χ4v) is 8.25. The Morgan fingerprint density at radius 1 is 0.453 bits per heavy atom. The van der Waals surface area contributed by atoms with Gasteiger partial charge in [-0.3, -0.25) is 14.4 Å². The maximum Gasteiger partial charge on any atom is 0.335 e. The van der Waals surface area contributed by atoms with Crippen LogP contribution in [0.25, 0.3) is 0 Å². The van der Waals surface area contributed by atoms with Crippen LogP contribution in [0.3, 0.4) is 0 Å². The van der Waals surface area contributed by atoms with Crippen LogP contribution in [0.4, 0.5) is 0 Å². The third kappa shape index (κ3) is 40.6. The number of hydrogen-bond donors (Lipinski definition) is 3. The molecule has 0 radical (unpaired) electrons. The number of rotatable bonds is 48. The van der Waals surface area contributed by atoms with Crippen molar-refractivity contribution < 1.29 is 58.2 Å². The molecular formula is C63H102O12. The van der Waals surface area contributed by atoms with E-state index in [1.165, 1.54) is 70.6 Å². The van der Waals surface area contributed by atoms with E-state index in [2.05, 4.69) is 99.8 Å². The van der Waals surface area contributed by atoms with Crippen molar-refractivity contribution in [2.45, 2.75) is 263 Å². The van der Waals surface area contributed by atoms with Crippen molar-refractivity contribution in [3.63, 3.8) is 0 Å². The van der Waals surface area contributed by atoms with Crippen molar-refractivity contribution >= 4 is 23.9 Å². The van der Waals surface area contributed by atoms with Gasteiger partial charge in [-0.05, 0) is 83.5 Å². The van der Waals surface area contributed by atoms with Crippen molar-refractivity contribution in [2.75, 3.05) is 13.2 Å². The number of allylic oxidation sites excluding steroid dienone is 16. The first kappa shape index (κ1) is 68.7. The van der Waals surface area contributed by atoms with Crippen LogP contribution in [0.2, 0.25) is 0 Å². The molecule has 0 aliphatic carbocycles. The summed E-state index contributed by atoms with van der Waals surface area (Å²) in [5, 5.41) is 31.4. The highest BCUT2D eigenvalue weighted by atomic mass is 16.7. The SMILES string of the molecule is CC/C=C\C/C=C\C/C=C\C/C=C\CCCCCCC(=O)OCC(COC1OC(C(=O)O)C(O)C(O)C1OC(=O)CC/C=C\C/C=C\C/C=C\C/C=C\CC)OC(=O)CCCCCCCCCCCCCCCCC. The number of hydrogen-bond acceptors (Lipinski definition) is 11. The fraction of sp³-hybridized carbons (Fsp3) is 0.683. The quantitative estimate of drug-likeness (QED) is 0.0228. The Kier molecular flexibility index (Phi) is 46.2. The zero-order valence-electron chi connectivity index (χ0n) is 46.8. The molecule has 0 aromatic rings. The van der Waals surface area contributed by atoms with Crippen LogP contribution < -0.4 is 0 Å². The first-order valence-corrected chi connectivity index (χ1v) is 29.2. The molecule has 0 amide bonds. The molecule has 1 rings (SSSR count). The summed E-state index contributed by atoms with van der Waals surface area (Å²) >= 11 is 0. The normalized spacial score (nSPS) is 18.9. The highest BCUT2D eigenvalue weighted by Gasteiger charge is 2.50. The summed E-state index contributed by atoms with van der Waals surface area (Å²) < 4.78 is 28.3. The van der Waals surface area contributed by atoms with Gasteiger partial charge in [-0.2, -0.15) is 0 Å². The molecule has 0 saturated carbocycles. The molecule has 6 atom stereocenters. The zero-order valence-corrected chi connectivity index (χ0v) is 46.8. The van der Waals surface area contributed by atoms with Crippen LogP contribution in [0.5, 0.6) is 0 Å². The van der Waals surface area contributed by atoms with Gasteiger partial charge in [0.05, 0.1) is 6.61 Å². The summed E-state index contributed by atoms with van der Waals surface area (Å²) in [5.74, 6) is -3.26. The van der Waals surface area contributed by atoms with Crippen LogP contribution >= 0.6 is 0 Å². The summed E-state index contributed by atoms with van der Waals surface area (Å²) in [7, 11) is 0. The molecule has 6 unspecified atom stereocenters. The second kappa shape index (κ2) is 50.5. The number of aliphatic hydroxyl groups excluding tert-OH is 2. The summed E-state index contributed by atoms with van der Waals surface area (Å²) in [5.41, 5.74) is 0. The zero-order chi connectivity index (χ0) is 54.7. The standard InChI is InChI=1S/C63H102O12/c1-4-7-10-13-16-19-22-25-27-28-30-32-34-37-40-43-46-49-55(64)71-52-54(73-56(65)50-47-44-41-38-36-33-29-26-23-20-17-14-11-8-5-2)53-72-63-61(59(68)58(67)60(75-63)62(69)70)74-57(66)51-48-45-42-39-35-31-24-21-18-15-12-9-6-3/h7,9-10,12,16,18-19,21,25,27,30-32,35,42,45,54,58-61,63,67-68H,4-6,8,11,13-15,17,20,22-24,26,28-29,33-34,36-41,43-44,46-53H2,1-3H3,(H,69,70)/b10-7-,12-9-,19-16-,21-18-,27-25-,32-30-,35-31-,45-42-. The maximum absolute atomic E-state index is 13.1. The van der Waals surface area contributed by atoms with E-state index in [1.54, 1.807) is 0 Å². The van der Waals surface area contributed by atoms with E-state index < -0.39 is 67.3 Å². The van der Waals surface area contributed by atoms with Crippen LogP contribution in [-0.4, -0.2) is 89.2 Å². The van der Waals surface area contributed by atoms with Crippen molar-refractivity contribution in [3.05, 3.63) is 97.2 Å². The predicted molar refractivity (Wildman–Crippen MR) is 303 cm³/mol. The molecule has 1 aliphatic rings. The second-order valence-electron chi connectivity index (χ2n) is 19.5. The Morgan fingerprint density at radius 2 is 0.867 bits per heavy atom. The second-order valence-corrected chi connectivity index (χ2v) is 19.5. The summed E-state index contributed by atoms with van der Waals surface area (Å²) in [6, 6.07) is 0. The van der Waals surface area contributed by atoms with Crippen molar-refractivity contribution in [3.8, 4) is 0 Å². The Bertz CT molecular complexity index is 1670. The fourth-order valence-electron chi connectivity index (χ4n) is 8.25. The van der Waals surface area contributed by atoms with E-state index in [9.17, 15) is 34.5 Å². The van der Waals surface area contributed by atoms with Gasteiger partial charge in [0.25, 0.3) is 0 Å². The van der Waals surface area contributed by atoms with Gasteiger partial charge in [0, 0.05) is 19.3 Å². The minimum absolute atomic E-state index is 0.0661. The average molecular weight is 1050 g/mol. The Morgan fingerprint density at radius 3 is 1.33 bits per heavy atom. The molecule has 0 aromatic carbocycles. The minimum atomic E-state index is -1.93. The van der Waals surface area contributed by atoms with Gasteiger partial charge in [-0.1, -0.05) is 221 Å². The number of carboxylic acids is 1. The van der Waals surface area contributed by atoms with E-state index in [1.807, 2.05) is 18.2 Å². The maximum atomic E-state index is 13.1. The van der Waals surface area contributed by atoms with E-state index in [4.69, 9.17) is 23.7 Å². The Balaban J connectivity index is 2.75. The molecule has 426 valence electrons. The van der Waals surface area contributed by atoms with Crippen molar-refractivity contribution in [1.82, 2.24) is 0 Å². The number of unbranched alkanes of at least 4 members (excludes halogenated alkanes) is 18. The van der Waals surface area contributed by atoms with Gasteiger partial charge in [0.2, 0.25) is 0 Å². The number of esters is 3. The lowest BCUT2D eigenvalue weighted by atomic mass is 9.98. The lowest BCUT2D eigenvalue weighted by Gasteiger charge is -2.40. The van der Waals surface area contributed by atoms with Gasteiger partial charge in [0.15, 0.2) is 24.6 Å². The van der Waals surface area contributed by atoms with Gasteiger partial charge < -0.3 is 39.0 Å². The number of aliphatic hydroxyl groups is 2. The lowest BCUT2D eigenvalue weighted by Crippen LogP contribution is -2.61. The van der Waals surface area contributed by atoms with E-state index >= 15 is 0 Å². The molecule has 1 saturated heterocycles. The molecule has 3 N–H and O–H groups in total. The molecule has 0 aromatic heterocycles. The smallest absolute Gasteiger partial charge is 0.335 e. The van der Waals surface area contributed by atoms with Gasteiger partial charge in [-0.15, -0.1) is 0 Å². The first-order valence-electron chi connectivity index (χ1n) is 29.2. The molecule has 1 heterocycles. The number of aliphatic carboxylic acids is 1. The largest absolute Gasteiger partial charge is 0.479 e. The Labute approximate surface area is 453 Å². The molecule has 0 bridgehead atoms. The summed E-state index contributed by atoms with van der Waals surface area (Å²) in [6.07, 6.45) is 54.0. The van der Waals surface area contributed by atoms with Crippen LogP contribution in [0.15, 0.2) is 97.2 Å². The van der Waals surface area contributed by atoms with Crippen LogP contribution in [0, 0.1) is 0 Å². The highest BCUT2D eigenvalue weighted by molar-refractivity contribution is 5.74. The number of carboxylic acid groups (broad SMARTS) is 1. The summed E-state index contributed by atoms with van der Waals surface area (Å²) in [4.78, 5) is 51.1. The minimum Gasteiger partial charge on any atom is -0.479 e. The number of ether oxygens (including phenoxy) is 5. The van der Waals surface area contributed by atoms with E-state index in [-0.39, 0.29) is 25.9 Å². The van der Waals surface area contributed by atoms with Crippen LogP contribution in [0.1, 0.15) is 226 Å². The highest BCUT2D eigenvalue weighted by Crippen LogP contribution is 2.26. The van der Waals surface area contributed by atoms with Crippen LogP contribution in [-0.2, 0) is 42.9 Å². The lowest BCUT2D eigenvalue weighted by molar-refractivity contribution is -0.301. The van der Waals surface area contributed by atoms with Gasteiger partial charge in [-0.25, -0.2) is 4.79 Å². The third-order valence-corrected chi connectivity index (χ3v) is 12.7. The monoisotopic (exact) mass is 1050 g/mol. The van der Waals surface area contributed by atoms with Crippen molar-refractivity contribution in [1.29, 1.82) is 0 Å². The molecule has 1 fully saturated rings. The molecule has 0 spiro atoms. The number of carbonyl (C=O) groups is 4.